The van der Waals surface area contributed by atoms with Crippen LogP contribution < -0.4 is 0 Å². The van der Waals surface area contributed by atoms with E-state index in [1.54, 1.807) is 18.2 Å². The first-order valence-electron chi connectivity index (χ1n) is 5.64. The van der Waals surface area contributed by atoms with Gasteiger partial charge in [-0.1, -0.05) is 41.9 Å². The fourth-order valence-corrected chi connectivity index (χ4v) is 1.87. The number of benzene rings is 2. The Bertz CT molecular complexity index is 564. The van der Waals surface area contributed by atoms with Gasteiger partial charge >= 0.3 is 5.97 Å². The molecule has 0 bridgehead atoms. The average Bonchev–Trinajstić information content (AvgIpc) is 2.37. The molecule has 0 N–H and O–H groups in total. The molecule has 0 heterocycles. The zero-order valence-corrected chi connectivity index (χ0v) is 10.8. The molecule has 0 aliphatic heterocycles. The minimum atomic E-state index is -0.312. The van der Waals surface area contributed by atoms with E-state index < -0.39 is 0 Å². The van der Waals surface area contributed by atoms with Gasteiger partial charge in [-0.3, -0.25) is 0 Å². The first-order chi connectivity index (χ1) is 8.66. The first-order valence-corrected chi connectivity index (χ1v) is 6.02. The highest BCUT2D eigenvalue weighted by atomic mass is 35.5. The maximum absolute atomic E-state index is 11.9. The summed E-state index contributed by atoms with van der Waals surface area (Å²) in [6.07, 6.45) is 0. The largest absolute Gasteiger partial charge is 0.457 e. The Kier molecular flexibility index (Phi) is 4.00. The Morgan fingerprint density at radius 3 is 2.67 bits per heavy atom. The molecule has 0 saturated carbocycles. The van der Waals surface area contributed by atoms with Crippen LogP contribution in [0.4, 0.5) is 0 Å². The number of hydrogen-bond donors (Lipinski definition) is 0. The van der Waals surface area contributed by atoms with Gasteiger partial charge in [0.15, 0.2) is 0 Å². The van der Waals surface area contributed by atoms with Gasteiger partial charge in [0.05, 0.1) is 5.56 Å². The molecule has 3 heteroatoms. The smallest absolute Gasteiger partial charge is 0.338 e. The molecular formula is C15H13ClO2. The minimum Gasteiger partial charge on any atom is -0.457 e. The number of halogens is 1. The molecule has 2 aromatic rings. The number of ether oxygens (including phenoxy) is 1. The molecular weight excluding hydrogens is 248 g/mol. The van der Waals surface area contributed by atoms with Gasteiger partial charge in [-0.25, -0.2) is 4.79 Å². The standard InChI is InChI=1S/C15H13ClO2/c1-11-5-2-3-8-14(11)15(17)18-10-12-6-4-7-13(16)9-12/h2-9H,10H2,1H3. The lowest BCUT2D eigenvalue weighted by Gasteiger charge is -2.07. The number of esters is 1. The lowest BCUT2D eigenvalue weighted by atomic mass is 10.1. The van der Waals surface area contributed by atoms with Crippen molar-refractivity contribution in [3.8, 4) is 0 Å². The van der Waals surface area contributed by atoms with E-state index in [0.717, 1.165) is 11.1 Å². The van der Waals surface area contributed by atoms with Crippen molar-refractivity contribution < 1.29 is 9.53 Å². The normalized spacial score (nSPS) is 10.1. The fourth-order valence-electron chi connectivity index (χ4n) is 1.66. The molecule has 0 aliphatic carbocycles. The van der Waals surface area contributed by atoms with Crippen LogP contribution in [0.15, 0.2) is 48.5 Å². The molecule has 0 aromatic heterocycles. The molecule has 0 atom stereocenters. The van der Waals surface area contributed by atoms with Gasteiger partial charge in [-0.2, -0.15) is 0 Å². The van der Waals surface area contributed by atoms with Crippen molar-refractivity contribution in [2.24, 2.45) is 0 Å². The van der Waals surface area contributed by atoms with Crippen LogP contribution >= 0.6 is 11.6 Å². The first kappa shape index (κ1) is 12.7. The second kappa shape index (κ2) is 5.69. The number of rotatable bonds is 3. The van der Waals surface area contributed by atoms with Gasteiger partial charge < -0.3 is 4.74 Å². The number of aryl methyl sites for hydroxylation is 1. The van der Waals surface area contributed by atoms with Gasteiger partial charge in [0.25, 0.3) is 0 Å². The fraction of sp³-hybridized carbons (Fsp3) is 0.133. The zero-order chi connectivity index (χ0) is 13.0. The third-order valence-electron chi connectivity index (χ3n) is 2.62. The van der Waals surface area contributed by atoms with Crippen molar-refractivity contribution in [2.45, 2.75) is 13.5 Å². The van der Waals surface area contributed by atoms with Crippen LogP contribution in [0.1, 0.15) is 21.5 Å². The van der Waals surface area contributed by atoms with Crippen molar-refractivity contribution in [1.29, 1.82) is 0 Å². The average molecular weight is 261 g/mol. The number of hydrogen-bond acceptors (Lipinski definition) is 2. The third-order valence-corrected chi connectivity index (χ3v) is 2.86. The van der Waals surface area contributed by atoms with Crippen LogP contribution in [0.3, 0.4) is 0 Å². The second-order valence-corrected chi connectivity index (χ2v) is 4.46. The van der Waals surface area contributed by atoms with E-state index in [1.165, 1.54) is 0 Å². The van der Waals surface area contributed by atoms with Crippen molar-refractivity contribution >= 4 is 17.6 Å². The number of carbonyl (C=O) groups is 1. The summed E-state index contributed by atoms with van der Waals surface area (Å²) in [5, 5.41) is 0.638. The van der Waals surface area contributed by atoms with Crippen LogP contribution in [0, 0.1) is 6.92 Å². The Balaban J connectivity index is 2.03. The molecule has 18 heavy (non-hydrogen) atoms. The number of carbonyl (C=O) groups excluding carboxylic acids is 1. The summed E-state index contributed by atoms with van der Waals surface area (Å²) in [5.41, 5.74) is 2.39. The molecule has 0 saturated heterocycles. The zero-order valence-electron chi connectivity index (χ0n) is 10.0. The van der Waals surface area contributed by atoms with Crippen LogP contribution in [0.2, 0.25) is 5.02 Å². The Labute approximate surface area is 111 Å². The van der Waals surface area contributed by atoms with Gasteiger partial charge in [0, 0.05) is 5.02 Å². The highest BCUT2D eigenvalue weighted by molar-refractivity contribution is 6.30. The summed E-state index contributed by atoms with van der Waals surface area (Å²) in [6.45, 7) is 2.11. The topological polar surface area (TPSA) is 26.3 Å². The Morgan fingerprint density at radius 1 is 1.17 bits per heavy atom. The van der Waals surface area contributed by atoms with Crippen LogP contribution in [0.25, 0.3) is 0 Å². The second-order valence-electron chi connectivity index (χ2n) is 4.02. The molecule has 0 unspecified atom stereocenters. The van der Waals surface area contributed by atoms with E-state index in [2.05, 4.69) is 0 Å². The van der Waals surface area contributed by atoms with Gasteiger partial charge in [-0.05, 0) is 36.2 Å². The van der Waals surface area contributed by atoms with Crippen molar-refractivity contribution in [3.63, 3.8) is 0 Å². The summed E-state index contributed by atoms with van der Waals surface area (Å²) in [4.78, 5) is 11.9. The molecule has 0 spiro atoms. The third kappa shape index (κ3) is 3.11. The molecule has 0 radical (unpaired) electrons. The Hall–Kier alpha value is -1.80. The molecule has 0 amide bonds. The van der Waals surface area contributed by atoms with E-state index in [1.807, 2.05) is 37.3 Å². The Morgan fingerprint density at radius 2 is 1.94 bits per heavy atom. The maximum atomic E-state index is 11.9. The highest BCUT2D eigenvalue weighted by Crippen LogP contribution is 2.13. The van der Waals surface area contributed by atoms with E-state index in [0.29, 0.717) is 10.6 Å². The molecule has 2 rings (SSSR count). The van der Waals surface area contributed by atoms with E-state index >= 15 is 0 Å². The lowest BCUT2D eigenvalue weighted by molar-refractivity contribution is 0.0472. The predicted octanol–water partition coefficient (Wildman–Crippen LogP) is 4.01. The van der Waals surface area contributed by atoms with Gasteiger partial charge in [-0.15, -0.1) is 0 Å². The van der Waals surface area contributed by atoms with Crippen molar-refractivity contribution in [2.75, 3.05) is 0 Å². The van der Waals surface area contributed by atoms with E-state index in [9.17, 15) is 4.79 Å². The quantitative estimate of drug-likeness (QED) is 0.780. The summed E-state index contributed by atoms with van der Waals surface area (Å²) < 4.78 is 5.25. The van der Waals surface area contributed by atoms with Crippen molar-refractivity contribution in [1.82, 2.24) is 0 Å². The van der Waals surface area contributed by atoms with Crippen molar-refractivity contribution in [3.05, 3.63) is 70.2 Å². The van der Waals surface area contributed by atoms with Crippen LogP contribution in [-0.4, -0.2) is 5.97 Å². The van der Waals surface area contributed by atoms with Crippen LogP contribution in [0.5, 0.6) is 0 Å². The summed E-state index contributed by atoms with van der Waals surface area (Å²) in [6, 6.07) is 14.6. The van der Waals surface area contributed by atoms with E-state index in [4.69, 9.17) is 16.3 Å². The minimum absolute atomic E-state index is 0.230. The molecule has 2 nitrogen and oxygen atoms in total. The molecule has 0 aliphatic rings. The van der Waals surface area contributed by atoms with E-state index in [-0.39, 0.29) is 12.6 Å². The maximum Gasteiger partial charge on any atom is 0.338 e. The van der Waals surface area contributed by atoms with Gasteiger partial charge in [0.1, 0.15) is 6.61 Å². The summed E-state index contributed by atoms with van der Waals surface area (Å²) in [7, 11) is 0. The highest BCUT2D eigenvalue weighted by Gasteiger charge is 2.09. The lowest BCUT2D eigenvalue weighted by Crippen LogP contribution is -2.06. The monoisotopic (exact) mass is 260 g/mol. The molecule has 92 valence electrons. The summed E-state index contributed by atoms with van der Waals surface area (Å²) >= 11 is 5.86. The SMILES string of the molecule is Cc1ccccc1C(=O)OCc1cccc(Cl)c1. The molecule has 2 aromatic carbocycles. The van der Waals surface area contributed by atoms with Crippen LogP contribution in [-0.2, 0) is 11.3 Å². The van der Waals surface area contributed by atoms with Gasteiger partial charge in [0.2, 0.25) is 0 Å². The summed E-state index contributed by atoms with van der Waals surface area (Å²) in [5.74, 6) is -0.312. The predicted molar refractivity (Wildman–Crippen MR) is 71.8 cm³/mol. The molecule has 0 fully saturated rings.